The van der Waals surface area contributed by atoms with Crippen molar-refractivity contribution in [1.29, 1.82) is 0 Å². The second-order valence-corrected chi connectivity index (χ2v) is 8.12. The third kappa shape index (κ3) is 4.88. The van der Waals surface area contributed by atoms with Crippen molar-refractivity contribution in [3.63, 3.8) is 0 Å². The number of benzene rings is 3. The standard InChI is InChI=1S/C27H30N2O3/c1-3-10-22-25(20-13-8-5-9-14-20)28-24-16-15-21(31-2)17-23(24)26(22)29-27(30)32-18-19-11-6-4-7-12-19/h4-9,11-17,22,25-26,28H,3,10,18H2,1-2H3,(H,29,30)/t22-,25-,26+/m1/s1. The van der Waals surface area contributed by atoms with Crippen LogP contribution in [0.4, 0.5) is 10.5 Å². The molecule has 32 heavy (non-hydrogen) atoms. The Labute approximate surface area is 189 Å². The Kier molecular flexibility index (Phi) is 6.95. The summed E-state index contributed by atoms with van der Waals surface area (Å²) in [4.78, 5) is 12.9. The first-order chi connectivity index (χ1) is 15.7. The highest BCUT2D eigenvalue weighted by molar-refractivity contribution is 5.70. The van der Waals surface area contributed by atoms with Crippen LogP contribution in [0.25, 0.3) is 0 Å². The molecular formula is C27H30N2O3. The molecule has 1 amide bonds. The SMILES string of the molecule is CCC[C@@H]1[C@@H](c2ccccc2)Nc2ccc(OC)cc2[C@H]1NC(=O)OCc1ccccc1. The van der Waals surface area contributed by atoms with Crippen LogP contribution in [-0.2, 0) is 11.3 Å². The van der Waals surface area contributed by atoms with Gasteiger partial charge < -0.3 is 20.1 Å². The van der Waals surface area contributed by atoms with Gasteiger partial charge in [-0.05, 0) is 35.7 Å². The van der Waals surface area contributed by atoms with Gasteiger partial charge in [0.2, 0.25) is 0 Å². The van der Waals surface area contributed by atoms with Crippen molar-refractivity contribution >= 4 is 11.8 Å². The average Bonchev–Trinajstić information content (AvgIpc) is 2.85. The lowest BCUT2D eigenvalue weighted by atomic mass is 9.77. The number of alkyl carbamates (subject to hydrolysis) is 1. The van der Waals surface area contributed by atoms with Gasteiger partial charge in [0.05, 0.1) is 19.2 Å². The van der Waals surface area contributed by atoms with Gasteiger partial charge in [0.15, 0.2) is 0 Å². The first-order valence-electron chi connectivity index (χ1n) is 11.2. The second kappa shape index (κ2) is 10.2. The van der Waals surface area contributed by atoms with Crippen LogP contribution in [0.3, 0.4) is 0 Å². The maximum atomic E-state index is 12.9. The molecule has 4 rings (SSSR count). The zero-order chi connectivity index (χ0) is 22.3. The van der Waals surface area contributed by atoms with Crippen LogP contribution in [0, 0.1) is 5.92 Å². The third-order valence-corrected chi connectivity index (χ3v) is 6.03. The number of nitrogens with one attached hydrogen (secondary N) is 2. The molecule has 3 aromatic rings. The van der Waals surface area contributed by atoms with E-state index in [1.165, 1.54) is 5.56 Å². The Bertz CT molecular complexity index is 1020. The molecule has 0 aromatic heterocycles. The molecular weight excluding hydrogens is 400 g/mol. The number of anilines is 1. The molecule has 2 N–H and O–H groups in total. The lowest BCUT2D eigenvalue weighted by Gasteiger charge is -2.41. The molecule has 1 aliphatic heterocycles. The van der Waals surface area contributed by atoms with Gasteiger partial charge in [-0.15, -0.1) is 0 Å². The summed E-state index contributed by atoms with van der Waals surface area (Å²) in [6.45, 7) is 2.41. The summed E-state index contributed by atoms with van der Waals surface area (Å²) in [5, 5.41) is 6.89. The van der Waals surface area contributed by atoms with E-state index in [0.717, 1.165) is 35.4 Å². The van der Waals surface area contributed by atoms with Crippen molar-refractivity contribution < 1.29 is 14.3 Å². The van der Waals surface area contributed by atoms with E-state index in [9.17, 15) is 4.79 Å². The van der Waals surface area contributed by atoms with Crippen LogP contribution in [0.2, 0.25) is 0 Å². The van der Waals surface area contributed by atoms with Crippen LogP contribution in [0.1, 0.15) is 48.5 Å². The van der Waals surface area contributed by atoms with Crippen molar-refractivity contribution in [2.75, 3.05) is 12.4 Å². The van der Waals surface area contributed by atoms with Gasteiger partial charge in [0.25, 0.3) is 0 Å². The number of ether oxygens (including phenoxy) is 2. The summed E-state index contributed by atoms with van der Waals surface area (Å²) in [5.74, 6) is 0.926. The van der Waals surface area contributed by atoms with E-state index in [2.05, 4.69) is 41.8 Å². The maximum Gasteiger partial charge on any atom is 0.407 e. The summed E-state index contributed by atoms with van der Waals surface area (Å²) in [5.41, 5.74) is 4.19. The van der Waals surface area contributed by atoms with Gasteiger partial charge >= 0.3 is 6.09 Å². The molecule has 166 valence electrons. The van der Waals surface area contributed by atoms with Crippen LogP contribution >= 0.6 is 0 Å². The Balaban J connectivity index is 1.63. The maximum absolute atomic E-state index is 12.9. The molecule has 0 bridgehead atoms. The van der Waals surface area contributed by atoms with Crippen molar-refractivity contribution in [2.45, 2.75) is 38.5 Å². The quantitative estimate of drug-likeness (QED) is 0.465. The summed E-state index contributed by atoms with van der Waals surface area (Å²) < 4.78 is 11.0. The van der Waals surface area contributed by atoms with E-state index < -0.39 is 6.09 Å². The van der Waals surface area contributed by atoms with Gasteiger partial charge in [-0.1, -0.05) is 74.0 Å². The number of hydrogen-bond donors (Lipinski definition) is 2. The number of fused-ring (bicyclic) bond motifs is 1. The van der Waals surface area contributed by atoms with Crippen LogP contribution in [0.5, 0.6) is 5.75 Å². The topological polar surface area (TPSA) is 59.6 Å². The molecule has 0 saturated heterocycles. The van der Waals surface area contributed by atoms with Gasteiger partial charge in [-0.2, -0.15) is 0 Å². The Hall–Kier alpha value is -3.47. The van der Waals surface area contributed by atoms with Crippen molar-refractivity contribution in [1.82, 2.24) is 5.32 Å². The lowest BCUT2D eigenvalue weighted by molar-refractivity contribution is 0.129. The zero-order valence-electron chi connectivity index (χ0n) is 18.6. The Morgan fingerprint density at radius 2 is 1.72 bits per heavy atom. The fourth-order valence-corrected chi connectivity index (χ4v) is 4.49. The monoisotopic (exact) mass is 430 g/mol. The molecule has 3 aromatic carbocycles. The Morgan fingerprint density at radius 1 is 1.00 bits per heavy atom. The number of methoxy groups -OCH3 is 1. The molecule has 0 aliphatic carbocycles. The minimum Gasteiger partial charge on any atom is -0.497 e. The smallest absolute Gasteiger partial charge is 0.407 e. The normalized spacial score (nSPS) is 19.4. The molecule has 5 heteroatoms. The second-order valence-electron chi connectivity index (χ2n) is 8.12. The molecule has 5 nitrogen and oxygen atoms in total. The van der Waals surface area contributed by atoms with Gasteiger partial charge in [-0.3, -0.25) is 0 Å². The number of rotatable bonds is 7. The fraction of sp³-hybridized carbons (Fsp3) is 0.296. The van der Waals surface area contributed by atoms with Crippen molar-refractivity contribution in [3.8, 4) is 5.75 Å². The number of carbonyl (C=O) groups excluding carboxylic acids is 1. The highest BCUT2D eigenvalue weighted by atomic mass is 16.5. The molecule has 1 aliphatic rings. The largest absolute Gasteiger partial charge is 0.497 e. The average molecular weight is 431 g/mol. The minimum absolute atomic E-state index is 0.0801. The van der Waals surface area contributed by atoms with E-state index in [1.807, 2.05) is 54.6 Å². The molecule has 0 radical (unpaired) electrons. The van der Waals surface area contributed by atoms with Gasteiger partial charge in [0.1, 0.15) is 12.4 Å². The molecule has 0 spiro atoms. The predicted octanol–water partition coefficient (Wildman–Crippen LogP) is 6.25. The van der Waals surface area contributed by atoms with Crippen LogP contribution in [0.15, 0.2) is 78.9 Å². The summed E-state index contributed by atoms with van der Waals surface area (Å²) >= 11 is 0. The van der Waals surface area contributed by atoms with Gasteiger partial charge in [-0.25, -0.2) is 4.79 Å². The molecule has 0 saturated carbocycles. The third-order valence-electron chi connectivity index (χ3n) is 6.03. The van der Waals surface area contributed by atoms with Crippen LogP contribution in [-0.4, -0.2) is 13.2 Å². The van der Waals surface area contributed by atoms with E-state index in [0.29, 0.717) is 0 Å². The molecule has 1 heterocycles. The molecule has 0 unspecified atom stereocenters. The molecule has 0 fully saturated rings. The zero-order valence-corrected chi connectivity index (χ0v) is 18.6. The number of carbonyl (C=O) groups is 1. The first kappa shape index (κ1) is 21.8. The van der Waals surface area contributed by atoms with Crippen molar-refractivity contribution in [2.24, 2.45) is 5.92 Å². The van der Waals surface area contributed by atoms with E-state index in [-0.39, 0.29) is 24.6 Å². The number of amides is 1. The highest BCUT2D eigenvalue weighted by Gasteiger charge is 2.38. The minimum atomic E-state index is -0.414. The number of hydrogen-bond acceptors (Lipinski definition) is 4. The lowest BCUT2D eigenvalue weighted by Crippen LogP contribution is -2.41. The fourth-order valence-electron chi connectivity index (χ4n) is 4.49. The van der Waals surface area contributed by atoms with Crippen LogP contribution < -0.4 is 15.4 Å². The molecule has 3 atom stereocenters. The van der Waals surface area contributed by atoms with E-state index in [1.54, 1.807) is 7.11 Å². The Morgan fingerprint density at radius 3 is 2.41 bits per heavy atom. The summed E-state index contributed by atoms with van der Waals surface area (Å²) in [7, 11) is 1.66. The first-order valence-corrected chi connectivity index (χ1v) is 11.2. The van der Waals surface area contributed by atoms with E-state index >= 15 is 0 Å². The summed E-state index contributed by atoms with van der Waals surface area (Å²) in [6, 6.07) is 26.0. The van der Waals surface area contributed by atoms with Gasteiger partial charge in [0, 0.05) is 17.2 Å². The van der Waals surface area contributed by atoms with E-state index in [4.69, 9.17) is 9.47 Å². The predicted molar refractivity (Wildman–Crippen MR) is 127 cm³/mol. The van der Waals surface area contributed by atoms with Crippen molar-refractivity contribution in [3.05, 3.63) is 95.6 Å². The highest BCUT2D eigenvalue weighted by Crippen LogP contribution is 2.46. The summed E-state index contributed by atoms with van der Waals surface area (Å²) in [6.07, 6.45) is 1.54.